The van der Waals surface area contributed by atoms with Crippen molar-refractivity contribution in [1.82, 2.24) is 0 Å². The van der Waals surface area contributed by atoms with Crippen molar-refractivity contribution in [3.8, 4) is 5.75 Å². The summed E-state index contributed by atoms with van der Waals surface area (Å²) in [4.78, 5) is 4.00. The lowest BCUT2D eigenvalue weighted by Gasteiger charge is -2.09. The molecule has 1 heterocycles. The van der Waals surface area contributed by atoms with Crippen LogP contribution >= 0.6 is 0 Å². The van der Waals surface area contributed by atoms with Crippen LogP contribution in [0.2, 0.25) is 0 Å². The van der Waals surface area contributed by atoms with Crippen molar-refractivity contribution >= 4 is 5.90 Å². The molecule has 0 unspecified atom stereocenters. The quantitative estimate of drug-likeness (QED) is 0.782. The molecule has 0 atom stereocenters. The predicted octanol–water partition coefficient (Wildman–Crippen LogP) is 2.36. The van der Waals surface area contributed by atoms with Crippen LogP contribution in [0.25, 0.3) is 0 Å². The fourth-order valence-electron chi connectivity index (χ4n) is 1.34. The van der Waals surface area contributed by atoms with Crippen LogP contribution < -0.4 is 4.74 Å². The number of alkyl halides is 3. The Kier molecular flexibility index (Phi) is 2.72. The number of rotatable bonds is 2. The van der Waals surface area contributed by atoms with Gasteiger partial charge in [-0.3, -0.25) is 0 Å². The molecular formula is C10H8F3NO2. The molecule has 3 nitrogen and oxygen atoms in total. The van der Waals surface area contributed by atoms with Crippen LogP contribution in [0.15, 0.2) is 29.3 Å². The van der Waals surface area contributed by atoms with Crippen LogP contribution in [0.4, 0.5) is 13.2 Å². The van der Waals surface area contributed by atoms with Gasteiger partial charge >= 0.3 is 6.36 Å². The van der Waals surface area contributed by atoms with Gasteiger partial charge in [0, 0.05) is 5.56 Å². The van der Waals surface area contributed by atoms with Gasteiger partial charge in [-0.2, -0.15) is 0 Å². The number of hydrogen-bond acceptors (Lipinski definition) is 3. The summed E-state index contributed by atoms with van der Waals surface area (Å²) in [5.74, 6) is 0.0795. The first-order valence-corrected chi connectivity index (χ1v) is 4.58. The Morgan fingerprint density at radius 1 is 1.31 bits per heavy atom. The van der Waals surface area contributed by atoms with Crippen molar-refractivity contribution in [3.05, 3.63) is 29.8 Å². The lowest BCUT2D eigenvalue weighted by atomic mass is 10.2. The van der Waals surface area contributed by atoms with E-state index in [0.29, 0.717) is 24.6 Å². The van der Waals surface area contributed by atoms with Crippen molar-refractivity contribution in [3.63, 3.8) is 0 Å². The SMILES string of the molecule is FC(F)(F)Oc1cccc(C2=NCCO2)c1. The molecule has 1 aromatic rings. The van der Waals surface area contributed by atoms with E-state index in [0.717, 1.165) is 0 Å². The molecule has 0 N–H and O–H groups in total. The summed E-state index contributed by atoms with van der Waals surface area (Å²) in [5, 5.41) is 0. The Hall–Kier alpha value is -1.72. The molecule has 16 heavy (non-hydrogen) atoms. The summed E-state index contributed by atoms with van der Waals surface area (Å²) >= 11 is 0. The summed E-state index contributed by atoms with van der Waals surface area (Å²) in [6.07, 6.45) is -4.68. The average molecular weight is 231 g/mol. The normalized spacial score (nSPS) is 15.6. The maximum Gasteiger partial charge on any atom is 0.573 e. The minimum atomic E-state index is -4.68. The molecule has 0 fully saturated rings. The van der Waals surface area contributed by atoms with Gasteiger partial charge in [0.25, 0.3) is 0 Å². The standard InChI is InChI=1S/C10H8F3NO2/c11-10(12,13)16-8-3-1-2-7(6-8)9-14-4-5-15-9/h1-3,6H,4-5H2. The molecule has 1 aromatic carbocycles. The van der Waals surface area contributed by atoms with Crippen LogP contribution in [0, 0.1) is 0 Å². The zero-order chi connectivity index (χ0) is 11.6. The van der Waals surface area contributed by atoms with Crippen LogP contribution in [0.5, 0.6) is 5.75 Å². The fourth-order valence-corrected chi connectivity index (χ4v) is 1.34. The summed E-state index contributed by atoms with van der Waals surface area (Å²) < 4.78 is 44.8. The van der Waals surface area contributed by atoms with Crippen molar-refractivity contribution in [2.24, 2.45) is 4.99 Å². The Balaban J connectivity index is 2.19. The predicted molar refractivity (Wildman–Crippen MR) is 50.5 cm³/mol. The molecule has 86 valence electrons. The van der Waals surface area contributed by atoms with Gasteiger partial charge in [0.05, 0.1) is 6.54 Å². The van der Waals surface area contributed by atoms with Crippen LogP contribution in [-0.4, -0.2) is 25.4 Å². The lowest BCUT2D eigenvalue weighted by molar-refractivity contribution is -0.274. The van der Waals surface area contributed by atoms with E-state index in [1.165, 1.54) is 18.2 Å². The van der Waals surface area contributed by atoms with Gasteiger partial charge in [-0.25, -0.2) is 4.99 Å². The molecule has 0 spiro atoms. The minimum absolute atomic E-state index is 0.275. The highest BCUT2D eigenvalue weighted by atomic mass is 19.4. The van der Waals surface area contributed by atoms with Crippen molar-refractivity contribution in [2.75, 3.05) is 13.2 Å². The van der Waals surface area contributed by atoms with Crippen molar-refractivity contribution in [2.45, 2.75) is 6.36 Å². The molecule has 0 aliphatic carbocycles. The van der Waals surface area contributed by atoms with Gasteiger partial charge < -0.3 is 9.47 Å². The highest BCUT2D eigenvalue weighted by Gasteiger charge is 2.31. The Morgan fingerprint density at radius 3 is 2.75 bits per heavy atom. The molecule has 6 heteroatoms. The van der Waals surface area contributed by atoms with Crippen LogP contribution in [0.3, 0.4) is 0 Å². The van der Waals surface area contributed by atoms with Gasteiger partial charge in [0.1, 0.15) is 12.4 Å². The van der Waals surface area contributed by atoms with Gasteiger partial charge in [-0.05, 0) is 18.2 Å². The molecule has 1 aliphatic rings. The number of benzene rings is 1. The van der Waals surface area contributed by atoms with E-state index in [-0.39, 0.29) is 5.75 Å². The molecule has 0 saturated carbocycles. The summed E-state index contributed by atoms with van der Waals surface area (Å²) in [7, 11) is 0. The van der Waals surface area contributed by atoms with Crippen molar-refractivity contribution < 1.29 is 22.6 Å². The molecule has 0 saturated heterocycles. The third-order valence-electron chi connectivity index (χ3n) is 1.90. The molecule has 0 amide bonds. The van der Waals surface area contributed by atoms with E-state index in [9.17, 15) is 13.2 Å². The number of halogens is 3. The summed E-state index contributed by atoms with van der Waals surface area (Å²) in [6, 6.07) is 5.55. The fraction of sp³-hybridized carbons (Fsp3) is 0.300. The van der Waals surface area contributed by atoms with E-state index >= 15 is 0 Å². The first kappa shape index (κ1) is 10.8. The van der Waals surface area contributed by atoms with E-state index in [4.69, 9.17) is 4.74 Å². The number of hydrogen-bond donors (Lipinski definition) is 0. The Labute approximate surface area is 89.5 Å². The summed E-state index contributed by atoms with van der Waals surface area (Å²) in [5.41, 5.74) is 0.485. The number of ether oxygens (including phenoxy) is 2. The first-order valence-electron chi connectivity index (χ1n) is 4.58. The minimum Gasteiger partial charge on any atom is -0.476 e. The third-order valence-corrected chi connectivity index (χ3v) is 1.90. The molecule has 1 aliphatic heterocycles. The Bertz CT molecular complexity index is 415. The summed E-state index contributed by atoms with van der Waals surface area (Å²) in [6.45, 7) is 0.985. The second-order valence-corrected chi connectivity index (χ2v) is 3.11. The van der Waals surface area contributed by atoms with Gasteiger partial charge in [0.2, 0.25) is 5.90 Å². The van der Waals surface area contributed by atoms with Crippen molar-refractivity contribution in [1.29, 1.82) is 0 Å². The van der Waals surface area contributed by atoms with E-state index in [1.807, 2.05) is 0 Å². The van der Waals surface area contributed by atoms with Gasteiger partial charge in [-0.15, -0.1) is 13.2 Å². The molecule has 2 rings (SSSR count). The topological polar surface area (TPSA) is 30.8 Å². The van der Waals surface area contributed by atoms with Gasteiger partial charge in [-0.1, -0.05) is 6.07 Å². The molecule has 0 bridgehead atoms. The van der Waals surface area contributed by atoms with E-state index in [1.54, 1.807) is 6.07 Å². The second kappa shape index (κ2) is 4.03. The van der Waals surface area contributed by atoms with E-state index < -0.39 is 6.36 Å². The molecule has 0 radical (unpaired) electrons. The lowest BCUT2D eigenvalue weighted by Crippen LogP contribution is -2.17. The first-order chi connectivity index (χ1) is 7.54. The van der Waals surface area contributed by atoms with Crippen LogP contribution in [-0.2, 0) is 4.74 Å². The van der Waals surface area contributed by atoms with E-state index in [2.05, 4.69) is 9.73 Å². The number of nitrogens with zero attached hydrogens (tertiary/aromatic N) is 1. The zero-order valence-corrected chi connectivity index (χ0v) is 8.12. The second-order valence-electron chi connectivity index (χ2n) is 3.11. The highest BCUT2D eigenvalue weighted by Crippen LogP contribution is 2.24. The monoisotopic (exact) mass is 231 g/mol. The molecule has 0 aromatic heterocycles. The smallest absolute Gasteiger partial charge is 0.476 e. The maximum absolute atomic E-state index is 12.0. The highest BCUT2D eigenvalue weighted by molar-refractivity contribution is 5.95. The number of aliphatic imine (C=N–C) groups is 1. The maximum atomic E-state index is 12.0. The molecular weight excluding hydrogens is 223 g/mol. The third kappa shape index (κ3) is 2.65. The van der Waals surface area contributed by atoms with Gasteiger partial charge in [0.15, 0.2) is 0 Å². The zero-order valence-electron chi connectivity index (χ0n) is 8.12. The Morgan fingerprint density at radius 2 is 2.12 bits per heavy atom. The largest absolute Gasteiger partial charge is 0.573 e. The van der Waals surface area contributed by atoms with Crippen LogP contribution in [0.1, 0.15) is 5.56 Å². The average Bonchev–Trinajstić information content (AvgIpc) is 2.68.